The van der Waals surface area contributed by atoms with Crippen molar-refractivity contribution in [3.8, 4) is 0 Å². The smallest absolute Gasteiger partial charge is 0.149 e. The van der Waals surface area contributed by atoms with Gasteiger partial charge in [0.1, 0.15) is 17.3 Å². The number of rotatable bonds is 6. The highest BCUT2D eigenvalue weighted by atomic mass is 32.2. The minimum absolute atomic E-state index is 0.0519. The van der Waals surface area contributed by atoms with Crippen LogP contribution in [0.15, 0.2) is 12.1 Å². The van der Waals surface area contributed by atoms with Gasteiger partial charge < -0.3 is 10.2 Å². The Hall–Kier alpha value is -0.810. The van der Waals surface area contributed by atoms with Crippen molar-refractivity contribution in [2.45, 2.75) is 45.8 Å². The first-order valence-electron chi connectivity index (χ1n) is 7.10. The number of nitrogens with zero attached hydrogens (tertiary/aromatic N) is 1. The predicted octanol–water partition coefficient (Wildman–Crippen LogP) is 4.04. The van der Waals surface area contributed by atoms with E-state index in [9.17, 15) is 8.78 Å². The molecule has 2 nitrogen and oxygen atoms in total. The SMILES string of the molecule is CSCC(C)N(C)c1c(F)cc(CNC(C)(C)C)cc1F. The van der Waals surface area contributed by atoms with Crippen LogP contribution in [0, 0.1) is 11.6 Å². The van der Waals surface area contributed by atoms with Crippen LogP contribution in [0.5, 0.6) is 0 Å². The first-order valence-corrected chi connectivity index (χ1v) is 8.50. The fourth-order valence-corrected chi connectivity index (χ4v) is 2.70. The van der Waals surface area contributed by atoms with Crippen molar-refractivity contribution in [3.63, 3.8) is 0 Å². The van der Waals surface area contributed by atoms with Crippen molar-refractivity contribution in [3.05, 3.63) is 29.3 Å². The average Bonchev–Trinajstić information content (AvgIpc) is 2.35. The Labute approximate surface area is 131 Å². The topological polar surface area (TPSA) is 15.3 Å². The number of benzene rings is 1. The van der Waals surface area contributed by atoms with Gasteiger partial charge in [-0.2, -0.15) is 11.8 Å². The van der Waals surface area contributed by atoms with Crippen molar-refractivity contribution < 1.29 is 8.78 Å². The molecule has 0 aliphatic rings. The largest absolute Gasteiger partial charge is 0.366 e. The summed E-state index contributed by atoms with van der Waals surface area (Å²) in [4.78, 5) is 1.67. The summed E-state index contributed by atoms with van der Waals surface area (Å²) >= 11 is 1.66. The molecule has 0 aromatic heterocycles. The van der Waals surface area contributed by atoms with E-state index in [1.54, 1.807) is 23.7 Å². The minimum atomic E-state index is -0.504. The number of anilines is 1. The Balaban J connectivity index is 2.94. The molecule has 1 unspecified atom stereocenters. The molecule has 0 saturated carbocycles. The van der Waals surface area contributed by atoms with Gasteiger partial charge in [0, 0.05) is 30.9 Å². The molecule has 0 bridgehead atoms. The fourth-order valence-electron chi connectivity index (χ4n) is 2.00. The van der Waals surface area contributed by atoms with Gasteiger partial charge in [-0.3, -0.25) is 0 Å². The van der Waals surface area contributed by atoms with E-state index in [1.807, 2.05) is 34.0 Å². The van der Waals surface area contributed by atoms with Crippen molar-refractivity contribution >= 4 is 17.4 Å². The van der Waals surface area contributed by atoms with Gasteiger partial charge in [-0.1, -0.05) is 0 Å². The summed E-state index contributed by atoms with van der Waals surface area (Å²) in [6, 6.07) is 2.90. The molecule has 1 N–H and O–H groups in total. The van der Waals surface area contributed by atoms with Crippen LogP contribution >= 0.6 is 11.8 Å². The summed E-state index contributed by atoms with van der Waals surface area (Å²) in [6.45, 7) is 8.47. The standard InChI is InChI=1S/C16H26F2N2S/c1-11(10-21-6)20(5)15-13(17)7-12(8-14(15)18)9-19-16(2,3)4/h7-8,11,19H,9-10H2,1-6H3. The van der Waals surface area contributed by atoms with E-state index in [4.69, 9.17) is 0 Å². The molecule has 21 heavy (non-hydrogen) atoms. The quantitative estimate of drug-likeness (QED) is 0.852. The lowest BCUT2D eigenvalue weighted by Gasteiger charge is -2.28. The highest BCUT2D eigenvalue weighted by molar-refractivity contribution is 7.98. The second-order valence-corrected chi connectivity index (χ2v) is 7.34. The van der Waals surface area contributed by atoms with Crippen LogP contribution in [-0.2, 0) is 6.54 Å². The Morgan fingerprint density at radius 2 is 1.76 bits per heavy atom. The van der Waals surface area contributed by atoms with Crippen LogP contribution in [-0.4, -0.2) is 30.6 Å². The maximum atomic E-state index is 14.3. The van der Waals surface area contributed by atoms with Crippen LogP contribution in [0.4, 0.5) is 14.5 Å². The second-order valence-electron chi connectivity index (χ2n) is 6.43. The lowest BCUT2D eigenvalue weighted by atomic mass is 10.1. The molecule has 0 radical (unpaired) electrons. The molecule has 0 fully saturated rings. The summed E-state index contributed by atoms with van der Waals surface area (Å²) in [5.41, 5.74) is 0.584. The molecule has 0 saturated heterocycles. The van der Waals surface area contributed by atoms with Gasteiger partial charge in [-0.25, -0.2) is 8.78 Å². The zero-order valence-corrected chi connectivity index (χ0v) is 14.6. The fraction of sp³-hybridized carbons (Fsp3) is 0.625. The first-order chi connectivity index (χ1) is 9.65. The third-order valence-electron chi connectivity index (χ3n) is 3.32. The molecular weight excluding hydrogens is 290 g/mol. The van der Waals surface area contributed by atoms with Crippen molar-refractivity contribution in [1.29, 1.82) is 0 Å². The Morgan fingerprint density at radius 1 is 1.24 bits per heavy atom. The van der Waals surface area contributed by atoms with Crippen molar-refractivity contribution in [2.75, 3.05) is 24.0 Å². The lowest BCUT2D eigenvalue weighted by Crippen LogP contribution is -2.35. The zero-order chi connectivity index (χ0) is 16.2. The molecule has 0 amide bonds. The highest BCUT2D eigenvalue weighted by Gasteiger charge is 2.19. The van der Waals surface area contributed by atoms with Gasteiger partial charge in [-0.05, 0) is 51.6 Å². The molecule has 1 aromatic carbocycles. The number of halogens is 2. The monoisotopic (exact) mass is 316 g/mol. The molecule has 5 heteroatoms. The number of hydrogen-bond acceptors (Lipinski definition) is 3. The molecule has 1 rings (SSSR count). The summed E-state index contributed by atoms with van der Waals surface area (Å²) in [5.74, 6) is -0.185. The number of thioether (sulfide) groups is 1. The van der Waals surface area contributed by atoms with Gasteiger partial charge >= 0.3 is 0 Å². The van der Waals surface area contributed by atoms with Crippen LogP contribution in [0.2, 0.25) is 0 Å². The van der Waals surface area contributed by atoms with Crippen LogP contribution in [0.1, 0.15) is 33.3 Å². The Bertz CT molecular complexity index is 449. The molecule has 1 atom stereocenters. The Morgan fingerprint density at radius 3 is 2.19 bits per heavy atom. The normalized spacial score (nSPS) is 13.3. The summed E-state index contributed by atoms with van der Waals surface area (Å²) in [5, 5.41) is 3.23. The maximum absolute atomic E-state index is 14.3. The van der Waals surface area contributed by atoms with Gasteiger partial charge in [-0.15, -0.1) is 0 Å². The van der Waals surface area contributed by atoms with E-state index < -0.39 is 11.6 Å². The third kappa shape index (κ3) is 5.47. The van der Waals surface area contributed by atoms with Crippen molar-refractivity contribution in [2.24, 2.45) is 0 Å². The van der Waals surface area contributed by atoms with Gasteiger partial charge in [0.15, 0.2) is 0 Å². The van der Waals surface area contributed by atoms with E-state index in [0.717, 1.165) is 5.75 Å². The van der Waals surface area contributed by atoms with E-state index in [2.05, 4.69) is 5.32 Å². The summed E-state index contributed by atoms with van der Waals surface area (Å²) in [7, 11) is 1.73. The van der Waals surface area contributed by atoms with E-state index in [0.29, 0.717) is 12.1 Å². The number of hydrogen-bond donors (Lipinski definition) is 1. The van der Waals surface area contributed by atoms with Gasteiger partial charge in [0.05, 0.1) is 0 Å². The minimum Gasteiger partial charge on any atom is -0.366 e. The van der Waals surface area contributed by atoms with Gasteiger partial charge in [0.25, 0.3) is 0 Å². The average molecular weight is 316 g/mol. The van der Waals surface area contributed by atoms with Crippen LogP contribution in [0.25, 0.3) is 0 Å². The second kappa shape index (κ2) is 7.45. The molecular formula is C16H26F2N2S. The molecule has 0 spiro atoms. The molecule has 0 aliphatic carbocycles. The third-order valence-corrected chi connectivity index (χ3v) is 4.14. The molecule has 0 heterocycles. The van der Waals surface area contributed by atoms with E-state index >= 15 is 0 Å². The maximum Gasteiger partial charge on any atom is 0.149 e. The molecule has 1 aromatic rings. The molecule has 0 aliphatic heterocycles. The Kier molecular flexibility index (Phi) is 6.47. The zero-order valence-electron chi connectivity index (χ0n) is 13.8. The summed E-state index contributed by atoms with van der Waals surface area (Å²) < 4.78 is 28.5. The highest BCUT2D eigenvalue weighted by Crippen LogP contribution is 2.26. The number of nitrogens with one attached hydrogen (secondary N) is 1. The predicted molar refractivity (Wildman–Crippen MR) is 89.2 cm³/mol. The van der Waals surface area contributed by atoms with Crippen molar-refractivity contribution in [1.82, 2.24) is 5.32 Å². The summed E-state index contributed by atoms with van der Waals surface area (Å²) in [6.07, 6.45) is 1.98. The molecule has 120 valence electrons. The van der Waals surface area contributed by atoms with Crippen LogP contribution < -0.4 is 10.2 Å². The van der Waals surface area contributed by atoms with E-state index in [-0.39, 0.29) is 17.3 Å². The van der Waals surface area contributed by atoms with Gasteiger partial charge in [0.2, 0.25) is 0 Å². The first kappa shape index (κ1) is 18.2. The lowest BCUT2D eigenvalue weighted by molar-refractivity contribution is 0.422. The van der Waals surface area contributed by atoms with E-state index in [1.165, 1.54) is 12.1 Å². The van der Waals surface area contributed by atoms with Crippen LogP contribution in [0.3, 0.4) is 0 Å².